The highest BCUT2D eigenvalue weighted by Crippen LogP contribution is 2.16. The van der Waals surface area contributed by atoms with Crippen LogP contribution in [0.5, 0.6) is 0 Å². The third-order valence-corrected chi connectivity index (χ3v) is 7.21. The van der Waals surface area contributed by atoms with Gasteiger partial charge in [0.05, 0.1) is 6.04 Å². The molecule has 1 atom stereocenters. The highest BCUT2D eigenvalue weighted by atomic mass is 16.2. The quantitative estimate of drug-likeness (QED) is 0.386. The van der Waals surface area contributed by atoms with E-state index < -0.39 is 0 Å². The number of hydrogen-bond donors (Lipinski definition) is 1. The van der Waals surface area contributed by atoms with Gasteiger partial charge in [-0.1, -0.05) is 6.92 Å². The van der Waals surface area contributed by atoms with Crippen LogP contribution in [0.1, 0.15) is 52.4 Å². The molecule has 0 aromatic heterocycles. The highest BCUT2D eigenvalue weighted by molar-refractivity contribution is 5.82. The van der Waals surface area contributed by atoms with Crippen LogP contribution in [0, 0.1) is 5.92 Å². The largest absolute Gasteiger partial charge is 0.356 e. The molecule has 7 nitrogen and oxygen atoms in total. The summed E-state index contributed by atoms with van der Waals surface area (Å²) in [4.78, 5) is 26.5. The van der Waals surface area contributed by atoms with Gasteiger partial charge in [-0.3, -0.25) is 14.7 Å². The number of carbonyl (C=O) groups excluding carboxylic acids is 1. The molecule has 1 N–H and O–H groups in total. The van der Waals surface area contributed by atoms with Crippen LogP contribution < -0.4 is 5.32 Å². The molecule has 0 aromatic rings. The molecule has 1 amide bonds. The van der Waals surface area contributed by atoms with E-state index in [1.807, 2.05) is 11.9 Å². The van der Waals surface area contributed by atoms with Crippen molar-refractivity contribution in [1.29, 1.82) is 0 Å². The van der Waals surface area contributed by atoms with Gasteiger partial charge in [-0.2, -0.15) is 0 Å². The summed E-state index contributed by atoms with van der Waals surface area (Å²) in [6.07, 6.45) is 7.48. The number of likely N-dealkylation sites (tertiary alicyclic amines) is 2. The molecular weight excluding hydrogens is 376 g/mol. The number of rotatable bonds is 7. The van der Waals surface area contributed by atoms with Gasteiger partial charge in [0.25, 0.3) is 0 Å². The molecule has 7 heteroatoms. The monoisotopic (exact) mass is 420 g/mol. The van der Waals surface area contributed by atoms with E-state index in [1.165, 1.54) is 45.3 Å². The van der Waals surface area contributed by atoms with Crippen molar-refractivity contribution in [3.8, 4) is 0 Å². The molecule has 3 saturated heterocycles. The Morgan fingerprint density at radius 3 is 2.27 bits per heavy atom. The number of unbranched alkanes of at least 4 members (excludes halogenated alkanes) is 1. The second kappa shape index (κ2) is 11.9. The Morgan fingerprint density at radius 1 is 0.967 bits per heavy atom. The lowest BCUT2D eigenvalue weighted by molar-refractivity contribution is -0.135. The van der Waals surface area contributed by atoms with E-state index in [2.05, 4.69) is 38.9 Å². The molecule has 1 unspecified atom stereocenters. The fourth-order valence-electron chi connectivity index (χ4n) is 4.96. The van der Waals surface area contributed by atoms with E-state index in [9.17, 15) is 4.79 Å². The van der Waals surface area contributed by atoms with Crippen molar-refractivity contribution in [2.24, 2.45) is 10.9 Å². The lowest BCUT2D eigenvalue weighted by atomic mass is 9.99. The minimum atomic E-state index is -0.00185. The summed E-state index contributed by atoms with van der Waals surface area (Å²) in [6, 6.07) is -0.00185. The summed E-state index contributed by atoms with van der Waals surface area (Å²) in [5.74, 6) is 2.24. The number of guanidine groups is 1. The number of nitrogens with zero attached hydrogens (tertiary/aromatic N) is 5. The lowest BCUT2D eigenvalue weighted by Gasteiger charge is -2.39. The van der Waals surface area contributed by atoms with Gasteiger partial charge in [0.2, 0.25) is 5.91 Å². The molecule has 3 aliphatic heterocycles. The fourth-order valence-corrected chi connectivity index (χ4v) is 4.96. The number of piperazine rings is 1. The van der Waals surface area contributed by atoms with Crippen molar-refractivity contribution in [3.05, 3.63) is 0 Å². The van der Waals surface area contributed by atoms with E-state index in [4.69, 9.17) is 0 Å². The average molecular weight is 421 g/mol. The van der Waals surface area contributed by atoms with Crippen LogP contribution in [0.25, 0.3) is 0 Å². The van der Waals surface area contributed by atoms with Crippen molar-refractivity contribution in [3.63, 3.8) is 0 Å². The zero-order chi connectivity index (χ0) is 21.3. The van der Waals surface area contributed by atoms with Crippen molar-refractivity contribution in [2.75, 3.05) is 72.5 Å². The Labute approximate surface area is 183 Å². The van der Waals surface area contributed by atoms with Gasteiger partial charge in [-0.15, -0.1) is 0 Å². The number of aliphatic imine (C=N–C) groups is 1. The second-order valence-corrected chi connectivity index (χ2v) is 9.44. The number of piperidine rings is 1. The summed E-state index contributed by atoms with van der Waals surface area (Å²) < 4.78 is 0. The molecule has 0 aromatic carbocycles. The van der Waals surface area contributed by atoms with Crippen LogP contribution in [-0.4, -0.2) is 110 Å². The van der Waals surface area contributed by atoms with E-state index in [0.717, 1.165) is 70.5 Å². The summed E-state index contributed by atoms with van der Waals surface area (Å²) in [6.45, 7) is 14.8. The maximum absolute atomic E-state index is 12.7. The van der Waals surface area contributed by atoms with E-state index in [0.29, 0.717) is 5.91 Å². The molecular formula is C23H44N6O. The molecule has 3 fully saturated rings. The first-order valence-corrected chi connectivity index (χ1v) is 12.3. The maximum atomic E-state index is 12.7. The summed E-state index contributed by atoms with van der Waals surface area (Å²) in [5, 5.41) is 3.56. The minimum absolute atomic E-state index is 0.00185. The van der Waals surface area contributed by atoms with Crippen LogP contribution in [0.15, 0.2) is 4.99 Å². The summed E-state index contributed by atoms with van der Waals surface area (Å²) in [5.41, 5.74) is 0. The third-order valence-electron chi connectivity index (χ3n) is 7.21. The Balaban J connectivity index is 1.31. The van der Waals surface area contributed by atoms with E-state index in [1.54, 1.807) is 0 Å². The van der Waals surface area contributed by atoms with Crippen LogP contribution in [0.3, 0.4) is 0 Å². The fraction of sp³-hybridized carbons (Fsp3) is 0.913. The SMILES string of the molecule is CN=C(NCCCCN1CCC(C)CC1)N1CCN(C(C)C(=O)N2CCCC2)CC1. The predicted octanol–water partition coefficient (Wildman–Crippen LogP) is 1.70. The molecule has 3 heterocycles. The van der Waals surface area contributed by atoms with Gasteiger partial charge in [-0.05, 0) is 71.0 Å². The van der Waals surface area contributed by atoms with Gasteiger partial charge in [0.1, 0.15) is 0 Å². The standard InChI is InChI=1S/C23H44N6O/c1-20-8-14-26(15-9-20)11-5-4-10-25-23(24-3)29-18-16-27(17-19-29)21(2)22(30)28-12-6-7-13-28/h20-21H,4-19H2,1-3H3,(H,24,25). The Hall–Kier alpha value is -1.34. The summed E-state index contributed by atoms with van der Waals surface area (Å²) >= 11 is 0. The van der Waals surface area contributed by atoms with Crippen LogP contribution in [0.2, 0.25) is 0 Å². The molecule has 0 bridgehead atoms. The Morgan fingerprint density at radius 2 is 1.63 bits per heavy atom. The Kier molecular flexibility index (Phi) is 9.25. The van der Waals surface area contributed by atoms with E-state index in [-0.39, 0.29) is 6.04 Å². The first kappa shape index (κ1) is 23.3. The van der Waals surface area contributed by atoms with E-state index >= 15 is 0 Å². The number of carbonyl (C=O) groups is 1. The zero-order valence-corrected chi connectivity index (χ0v) is 19.6. The molecule has 30 heavy (non-hydrogen) atoms. The molecule has 0 aliphatic carbocycles. The number of nitrogens with one attached hydrogen (secondary N) is 1. The molecule has 3 aliphatic rings. The van der Waals surface area contributed by atoms with Crippen molar-refractivity contribution >= 4 is 11.9 Å². The van der Waals surface area contributed by atoms with Crippen LogP contribution in [0.4, 0.5) is 0 Å². The molecule has 172 valence electrons. The van der Waals surface area contributed by atoms with Gasteiger partial charge in [0.15, 0.2) is 5.96 Å². The summed E-state index contributed by atoms with van der Waals surface area (Å²) in [7, 11) is 1.88. The normalized spacial score (nSPS) is 23.8. The zero-order valence-electron chi connectivity index (χ0n) is 19.6. The number of hydrogen-bond acceptors (Lipinski definition) is 4. The topological polar surface area (TPSA) is 54.4 Å². The van der Waals surface area contributed by atoms with Crippen molar-refractivity contribution < 1.29 is 4.79 Å². The highest BCUT2D eigenvalue weighted by Gasteiger charge is 2.30. The lowest BCUT2D eigenvalue weighted by Crippen LogP contribution is -2.57. The van der Waals surface area contributed by atoms with Crippen molar-refractivity contribution in [1.82, 2.24) is 24.9 Å². The first-order valence-electron chi connectivity index (χ1n) is 12.3. The van der Waals surface area contributed by atoms with Crippen molar-refractivity contribution in [2.45, 2.75) is 58.4 Å². The maximum Gasteiger partial charge on any atom is 0.239 e. The van der Waals surface area contributed by atoms with Gasteiger partial charge in [-0.25, -0.2) is 0 Å². The van der Waals surface area contributed by atoms with Crippen LogP contribution in [-0.2, 0) is 4.79 Å². The molecule has 0 spiro atoms. The minimum Gasteiger partial charge on any atom is -0.356 e. The van der Waals surface area contributed by atoms with Gasteiger partial charge >= 0.3 is 0 Å². The third kappa shape index (κ3) is 6.58. The predicted molar refractivity (Wildman–Crippen MR) is 124 cm³/mol. The molecule has 0 saturated carbocycles. The molecule has 3 rings (SSSR count). The first-order chi connectivity index (χ1) is 14.6. The smallest absolute Gasteiger partial charge is 0.239 e. The van der Waals surface area contributed by atoms with Gasteiger partial charge in [0, 0.05) is 52.9 Å². The molecule has 0 radical (unpaired) electrons. The van der Waals surface area contributed by atoms with Crippen LogP contribution >= 0.6 is 0 Å². The number of amides is 1. The van der Waals surface area contributed by atoms with Gasteiger partial charge < -0.3 is 20.0 Å². The second-order valence-electron chi connectivity index (χ2n) is 9.44. The average Bonchev–Trinajstić information content (AvgIpc) is 3.32. The Bertz CT molecular complexity index is 546.